The normalized spacial score (nSPS) is 53.1. The Morgan fingerprint density at radius 2 is 1.50 bits per heavy atom. The van der Waals surface area contributed by atoms with E-state index >= 15 is 0 Å². The summed E-state index contributed by atoms with van der Waals surface area (Å²) >= 11 is 0. The van der Waals surface area contributed by atoms with Crippen LogP contribution in [0.1, 0.15) is 113 Å². The van der Waals surface area contributed by atoms with Crippen LogP contribution in [0.2, 0.25) is 0 Å². The fourth-order valence-electron chi connectivity index (χ4n) is 10.5. The molecule has 5 fully saturated rings. The zero-order valence-corrected chi connectivity index (χ0v) is 22.1. The van der Waals surface area contributed by atoms with E-state index in [9.17, 15) is 5.11 Å². The maximum Gasteiger partial charge on any atom is 0.0892 e. The minimum atomic E-state index is -0.128. The van der Waals surface area contributed by atoms with Gasteiger partial charge in [-0.25, -0.2) is 0 Å². The van der Waals surface area contributed by atoms with E-state index in [-0.39, 0.29) is 17.1 Å². The number of allylic oxidation sites excluding steroid dienone is 1. The summed E-state index contributed by atoms with van der Waals surface area (Å²) in [5.41, 5.74) is 2.92. The van der Waals surface area contributed by atoms with Gasteiger partial charge in [0.1, 0.15) is 0 Å². The molecule has 0 spiro atoms. The highest BCUT2D eigenvalue weighted by molar-refractivity contribution is 5.20. The van der Waals surface area contributed by atoms with Gasteiger partial charge in [-0.1, -0.05) is 46.8 Å². The van der Waals surface area contributed by atoms with Crippen molar-refractivity contribution in [2.45, 2.75) is 130 Å². The molecular formula is C30H50O2. The number of hydrogen-bond donors (Lipinski definition) is 1. The van der Waals surface area contributed by atoms with E-state index in [2.05, 4.69) is 55.0 Å². The Bertz CT molecular complexity index is 782. The molecule has 0 bridgehead atoms. The van der Waals surface area contributed by atoms with Gasteiger partial charge in [0.15, 0.2) is 0 Å². The lowest BCUT2D eigenvalue weighted by Gasteiger charge is -2.69. The number of rotatable bonds is 4. The van der Waals surface area contributed by atoms with Gasteiger partial charge in [0.2, 0.25) is 0 Å². The molecule has 2 nitrogen and oxygen atoms in total. The van der Waals surface area contributed by atoms with Gasteiger partial charge >= 0.3 is 0 Å². The highest BCUT2D eigenvalue weighted by atomic mass is 16.6. The Balaban J connectivity index is 1.36. The molecular weight excluding hydrogens is 392 g/mol. The second-order valence-electron chi connectivity index (χ2n) is 14.6. The summed E-state index contributed by atoms with van der Waals surface area (Å²) in [6.07, 6.45) is 13.0. The van der Waals surface area contributed by atoms with Crippen LogP contribution < -0.4 is 0 Å². The molecule has 32 heavy (non-hydrogen) atoms. The van der Waals surface area contributed by atoms with Crippen LogP contribution in [0.5, 0.6) is 0 Å². The lowest BCUT2D eigenvalue weighted by Crippen LogP contribution is -2.63. The third kappa shape index (κ3) is 3.03. The predicted molar refractivity (Wildman–Crippen MR) is 132 cm³/mol. The fourth-order valence-corrected chi connectivity index (χ4v) is 10.5. The molecule has 1 aliphatic heterocycles. The average Bonchev–Trinajstić information content (AvgIpc) is 3.15. The van der Waals surface area contributed by atoms with Gasteiger partial charge in [-0.2, -0.15) is 0 Å². The summed E-state index contributed by atoms with van der Waals surface area (Å²) in [5, 5.41) is 10.9. The molecule has 0 amide bonds. The van der Waals surface area contributed by atoms with Crippen molar-refractivity contribution in [2.24, 2.45) is 45.3 Å². The van der Waals surface area contributed by atoms with Crippen LogP contribution in [0, 0.1) is 45.3 Å². The third-order valence-corrected chi connectivity index (χ3v) is 12.8. The summed E-state index contributed by atoms with van der Waals surface area (Å²) in [7, 11) is 0. The van der Waals surface area contributed by atoms with Crippen molar-refractivity contribution in [1.82, 2.24) is 0 Å². The lowest BCUT2D eigenvalue weighted by atomic mass is 9.35. The van der Waals surface area contributed by atoms with Crippen LogP contribution in [0.15, 0.2) is 12.2 Å². The van der Waals surface area contributed by atoms with Crippen LogP contribution in [-0.4, -0.2) is 22.9 Å². The van der Waals surface area contributed by atoms with Crippen molar-refractivity contribution >= 4 is 0 Å². The third-order valence-electron chi connectivity index (χ3n) is 12.8. The Labute approximate surface area is 198 Å². The minimum absolute atomic E-state index is 0.0528. The SMILES string of the molecule is C=C(CC[C@@H]1OC1(C)C)[C@H]1CC[C@]2(C)[C@@H]1CC[C@@H]1[C@@]3(C)CC[C@H](O)C(C)(C)[C@@H]3CC[C@]12C. The smallest absolute Gasteiger partial charge is 0.0892 e. The van der Waals surface area contributed by atoms with Gasteiger partial charge < -0.3 is 9.84 Å². The van der Waals surface area contributed by atoms with Gasteiger partial charge in [0.05, 0.1) is 17.8 Å². The zero-order valence-electron chi connectivity index (χ0n) is 22.1. The first-order valence-corrected chi connectivity index (χ1v) is 13.8. The Morgan fingerprint density at radius 1 is 0.844 bits per heavy atom. The zero-order chi connectivity index (χ0) is 23.3. The molecule has 0 radical (unpaired) electrons. The van der Waals surface area contributed by atoms with E-state index in [0.717, 1.165) is 37.0 Å². The standard InChI is InChI=1S/C30H50O2/c1-19(9-12-25-27(4,5)32-25)20-13-17-29(7)21(20)10-11-23-28(6)16-15-24(31)26(2,3)22(28)14-18-30(23,29)8/h20-25,31H,1,9-18H2,2-8H3/t20-,21-,22+,23-,24+,25+,28+,29-,30-/m1/s1. The summed E-state index contributed by atoms with van der Waals surface area (Å²) in [6, 6.07) is 0. The molecule has 5 aliphatic rings. The van der Waals surface area contributed by atoms with Crippen molar-refractivity contribution in [2.75, 3.05) is 0 Å². The van der Waals surface area contributed by atoms with E-state index in [1.807, 2.05) is 0 Å². The van der Waals surface area contributed by atoms with Crippen LogP contribution in [0.4, 0.5) is 0 Å². The molecule has 0 aromatic rings. The lowest BCUT2D eigenvalue weighted by molar-refractivity contribution is -0.220. The van der Waals surface area contributed by atoms with E-state index < -0.39 is 0 Å². The maximum atomic E-state index is 10.9. The van der Waals surface area contributed by atoms with E-state index in [4.69, 9.17) is 4.74 Å². The van der Waals surface area contributed by atoms with Crippen molar-refractivity contribution in [3.63, 3.8) is 0 Å². The van der Waals surface area contributed by atoms with Gasteiger partial charge in [0, 0.05) is 0 Å². The molecule has 182 valence electrons. The largest absolute Gasteiger partial charge is 0.393 e. The highest BCUT2D eigenvalue weighted by Crippen LogP contribution is 2.75. The molecule has 1 saturated heterocycles. The van der Waals surface area contributed by atoms with Gasteiger partial charge in [0.25, 0.3) is 0 Å². The fraction of sp³-hybridized carbons (Fsp3) is 0.933. The van der Waals surface area contributed by atoms with Crippen molar-refractivity contribution < 1.29 is 9.84 Å². The summed E-state index contributed by atoms with van der Waals surface area (Å²) in [5.74, 6) is 2.99. The first kappa shape index (κ1) is 23.4. The highest BCUT2D eigenvalue weighted by Gasteiger charge is 2.68. The molecule has 1 N–H and O–H groups in total. The summed E-state index contributed by atoms with van der Waals surface area (Å²) < 4.78 is 5.86. The van der Waals surface area contributed by atoms with Crippen molar-refractivity contribution in [1.29, 1.82) is 0 Å². The number of epoxide rings is 1. The number of hydrogen-bond acceptors (Lipinski definition) is 2. The van der Waals surface area contributed by atoms with Crippen molar-refractivity contribution in [3.05, 3.63) is 12.2 Å². The van der Waals surface area contributed by atoms with Crippen LogP contribution >= 0.6 is 0 Å². The second kappa shape index (κ2) is 7.09. The molecule has 4 aliphatic carbocycles. The molecule has 2 heteroatoms. The molecule has 0 aromatic carbocycles. The molecule has 1 heterocycles. The first-order chi connectivity index (χ1) is 14.8. The quantitative estimate of drug-likeness (QED) is 0.360. The molecule has 0 unspecified atom stereocenters. The van der Waals surface area contributed by atoms with Crippen LogP contribution in [0.3, 0.4) is 0 Å². The Kier molecular flexibility index (Phi) is 5.19. The van der Waals surface area contributed by atoms with E-state index in [0.29, 0.717) is 28.3 Å². The number of fused-ring (bicyclic) bond motifs is 5. The number of aliphatic hydroxyl groups excluding tert-OH is 1. The van der Waals surface area contributed by atoms with E-state index in [1.165, 1.54) is 50.5 Å². The average molecular weight is 443 g/mol. The predicted octanol–water partition coefficient (Wildman–Crippen LogP) is 7.55. The maximum absolute atomic E-state index is 10.9. The number of aliphatic hydroxyl groups is 1. The summed E-state index contributed by atoms with van der Waals surface area (Å²) in [4.78, 5) is 0. The molecule has 4 saturated carbocycles. The van der Waals surface area contributed by atoms with Crippen LogP contribution in [-0.2, 0) is 4.74 Å². The van der Waals surface area contributed by atoms with Crippen molar-refractivity contribution in [3.8, 4) is 0 Å². The summed E-state index contributed by atoms with van der Waals surface area (Å²) in [6.45, 7) is 21.8. The van der Waals surface area contributed by atoms with E-state index in [1.54, 1.807) is 0 Å². The molecule has 9 atom stereocenters. The molecule has 5 rings (SSSR count). The second-order valence-corrected chi connectivity index (χ2v) is 14.6. The number of ether oxygens (including phenoxy) is 1. The van der Waals surface area contributed by atoms with Gasteiger partial charge in [-0.3, -0.25) is 0 Å². The first-order valence-electron chi connectivity index (χ1n) is 13.8. The van der Waals surface area contributed by atoms with Gasteiger partial charge in [-0.05, 0) is 123 Å². The van der Waals surface area contributed by atoms with Gasteiger partial charge in [-0.15, -0.1) is 0 Å². The minimum Gasteiger partial charge on any atom is -0.393 e. The monoisotopic (exact) mass is 442 g/mol. The van der Waals surface area contributed by atoms with Crippen LogP contribution in [0.25, 0.3) is 0 Å². The Morgan fingerprint density at radius 3 is 2.16 bits per heavy atom. The Hall–Kier alpha value is -0.340. The molecule has 0 aromatic heterocycles. The topological polar surface area (TPSA) is 32.8 Å².